The van der Waals surface area contributed by atoms with Gasteiger partial charge in [0.15, 0.2) is 17.6 Å². The maximum absolute atomic E-state index is 6.33. The molecule has 2 atom stereocenters. The standard InChI is InChI=1S/C20H29ClN2O3/c1-5-7-26-20-18(21)9-16(10-19(20)24-4)11-22-12-17-14-23(6-8-25-17)13-15(2)3/h1,9-10,15,17,22H,6-8,11-14H2,2-4H3/p+2/t17-/m1/s1. The average molecular weight is 383 g/mol. The predicted molar refractivity (Wildman–Crippen MR) is 103 cm³/mol. The summed E-state index contributed by atoms with van der Waals surface area (Å²) in [4.78, 5) is 1.64. The highest BCUT2D eigenvalue weighted by Crippen LogP contribution is 2.36. The normalized spacial score (nSPS) is 20.0. The van der Waals surface area contributed by atoms with E-state index in [1.807, 2.05) is 12.1 Å². The van der Waals surface area contributed by atoms with Crippen molar-refractivity contribution in [2.45, 2.75) is 26.5 Å². The van der Waals surface area contributed by atoms with Crippen LogP contribution >= 0.6 is 11.6 Å². The van der Waals surface area contributed by atoms with Crippen molar-refractivity contribution in [1.29, 1.82) is 0 Å². The summed E-state index contributed by atoms with van der Waals surface area (Å²) < 4.78 is 16.8. The Bertz CT molecular complexity index is 616. The molecule has 0 radical (unpaired) electrons. The molecule has 2 rings (SSSR count). The maximum atomic E-state index is 6.33. The van der Waals surface area contributed by atoms with Crippen LogP contribution in [0.2, 0.25) is 5.02 Å². The molecule has 0 amide bonds. The minimum atomic E-state index is 0.162. The fraction of sp³-hybridized carbons (Fsp3) is 0.600. The van der Waals surface area contributed by atoms with Crippen LogP contribution in [0.5, 0.6) is 11.5 Å². The molecule has 1 aromatic carbocycles. The van der Waals surface area contributed by atoms with Gasteiger partial charge in [-0.3, -0.25) is 0 Å². The first kappa shape index (κ1) is 20.9. The molecule has 0 aromatic heterocycles. The van der Waals surface area contributed by atoms with Crippen molar-refractivity contribution in [3.8, 4) is 23.8 Å². The number of rotatable bonds is 9. The highest BCUT2D eigenvalue weighted by Gasteiger charge is 2.25. The third kappa shape index (κ3) is 6.37. The molecule has 5 nitrogen and oxygen atoms in total. The van der Waals surface area contributed by atoms with Crippen LogP contribution in [0, 0.1) is 18.3 Å². The fourth-order valence-electron chi connectivity index (χ4n) is 3.35. The van der Waals surface area contributed by atoms with Crippen LogP contribution in [0.4, 0.5) is 0 Å². The number of methoxy groups -OCH3 is 1. The molecule has 1 fully saturated rings. The maximum Gasteiger partial charge on any atom is 0.181 e. The summed E-state index contributed by atoms with van der Waals surface area (Å²) in [6.45, 7) is 10.7. The first-order chi connectivity index (χ1) is 12.5. The van der Waals surface area contributed by atoms with Crippen LogP contribution in [0.15, 0.2) is 12.1 Å². The van der Waals surface area contributed by atoms with E-state index in [1.54, 1.807) is 12.0 Å². The number of terminal acetylenes is 1. The zero-order valence-corrected chi connectivity index (χ0v) is 16.8. The lowest BCUT2D eigenvalue weighted by molar-refractivity contribution is -0.917. The Labute approximate surface area is 161 Å². The van der Waals surface area contributed by atoms with Crippen molar-refractivity contribution in [2.24, 2.45) is 5.92 Å². The van der Waals surface area contributed by atoms with Gasteiger partial charge in [-0.1, -0.05) is 31.4 Å². The summed E-state index contributed by atoms with van der Waals surface area (Å²) in [5.41, 5.74) is 1.09. The summed E-state index contributed by atoms with van der Waals surface area (Å²) in [6.07, 6.45) is 5.54. The van der Waals surface area contributed by atoms with E-state index in [2.05, 4.69) is 25.1 Å². The molecule has 0 aliphatic carbocycles. The number of quaternary nitrogens is 2. The van der Waals surface area contributed by atoms with Crippen LogP contribution < -0.4 is 19.7 Å². The Hall–Kier alpha value is -1.45. The van der Waals surface area contributed by atoms with Gasteiger partial charge in [-0.15, -0.1) is 6.42 Å². The van der Waals surface area contributed by atoms with Gasteiger partial charge in [-0.25, -0.2) is 0 Å². The molecule has 144 valence electrons. The van der Waals surface area contributed by atoms with E-state index in [-0.39, 0.29) is 6.61 Å². The zero-order valence-electron chi connectivity index (χ0n) is 16.0. The monoisotopic (exact) mass is 382 g/mol. The Morgan fingerprint density at radius 3 is 2.96 bits per heavy atom. The van der Waals surface area contributed by atoms with Gasteiger partial charge in [0.2, 0.25) is 0 Å². The third-order valence-electron chi connectivity index (χ3n) is 4.42. The number of morpholine rings is 1. The SMILES string of the molecule is C#CCOc1c(Cl)cc(C[NH2+]C[C@@H]2C[NH+](CC(C)C)CCO2)cc1OC. The summed E-state index contributed by atoms with van der Waals surface area (Å²) in [5.74, 6) is 4.26. The molecular formula is C20H31ClN2O3+2. The van der Waals surface area contributed by atoms with Gasteiger partial charge >= 0.3 is 0 Å². The minimum absolute atomic E-state index is 0.162. The number of halogens is 1. The summed E-state index contributed by atoms with van der Waals surface area (Å²) in [7, 11) is 1.60. The van der Waals surface area contributed by atoms with E-state index in [0.717, 1.165) is 44.3 Å². The van der Waals surface area contributed by atoms with Crippen molar-refractivity contribution >= 4 is 11.6 Å². The molecule has 1 aliphatic heterocycles. The average Bonchev–Trinajstić information content (AvgIpc) is 2.60. The number of nitrogens with one attached hydrogen (secondary N) is 1. The molecule has 0 saturated carbocycles. The highest BCUT2D eigenvalue weighted by molar-refractivity contribution is 6.32. The topological polar surface area (TPSA) is 48.7 Å². The van der Waals surface area contributed by atoms with Gasteiger partial charge in [0.05, 0.1) is 25.3 Å². The van der Waals surface area contributed by atoms with Crippen LogP contribution in [0.1, 0.15) is 19.4 Å². The van der Waals surface area contributed by atoms with E-state index in [1.165, 1.54) is 6.54 Å². The van der Waals surface area contributed by atoms with Crippen LogP contribution in [0.25, 0.3) is 0 Å². The van der Waals surface area contributed by atoms with Gasteiger partial charge in [-0.05, 0) is 12.1 Å². The second-order valence-corrected chi connectivity index (χ2v) is 7.53. The Kier molecular flexibility index (Phi) is 8.53. The molecular weight excluding hydrogens is 352 g/mol. The van der Waals surface area contributed by atoms with Crippen molar-refractivity contribution in [3.05, 3.63) is 22.7 Å². The molecule has 1 unspecified atom stereocenters. The van der Waals surface area contributed by atoms with Gasteiger partial charge in [0.1, 0.15) is 32.8 Å². The van der Waals surface area contributed by atoms with Gasteiger partial charge in [-0.2, -0.15) is 0 Å². The van der Waals surface area contributed by atoms with Crippen LogP contribution in [0.3, 0.4) is 0 Å². The zero-order chi connectivity index (χ0) is 18.9. The van der Waals surface area contributed by atoms with Crippen LogP contribution in [-0.4, -0.2) is 52.6 Å². The Morgan fingerprint density at radius 2 is 2.27 bits per heavy atom. The number of ether oxygens (including phenoxy) is 3. The number of hydrogen-bond acceptors (Lipinski definition) is 3. The molecule has 1 aliphatic rings. The van der Waals surface area contributed by atoms with E-state index >= 15 is 0 Å². The van der Waals surface area contributed by atoms with Crippen molar-refractivity contribution < 1.29 is 24.4 Å². The van der Waals surface area contributed by atoms with Crippen molar-refractivity contribution in [3.63, 3.8) is 0 Å². The van der Waals surface area contributed by atoms with E-state index in [4.69, 9.17) is 32.2 Å². The third-order valence-corrected chi connectivity index (χ3v) is 4.70. The number of benzene rings is 1. The van der Waals surface area contributed by atoms with Gasteiger partial charge < -0.3 is 24.4 Å². The molecule has 1 heterocycles. The van der Waals surface area contributed by atoms with Crippen molar-refractivity contribution in [2.75, 3.05) is 46.5 Å². The molecule has 6 heteroatoms. The Morgan fingerprint density at radius 1 is 1.46 bits per heavy atom. The second kappa shape index (κ2) is 10.6. The first-order valence-electron chi connectivity index (χ1n) is 9.23. The molecule has 0 bridgehead atoms. The van der Waals surface area contributed by atoms with E-state index in [0.29, 0.717) is 22.6 Å². The fourth-order valence-corrected chi connectivity index (χ4v) is 3.64. The Balaban J connectivity index is 1.87. The number of hydrogen-bond donors (Lipinski definition) is 2. The molecule has 0 spiro atoms. The summed E-state index contributed by atoms with van der Waals surface area (Å²) >= 11 is 6.33. The van der Waals surface area contributed by atoms with Gasteiger partial charge in [0.25, 0.3) is 0 Å². The second-order valence-electron chi connectivity index (χ2n) is 7.13. The van der Waals surface area contributed by atoms with Crippen molar-refractivity contribution in [1.82, 2.24) is 0 Å². The molecule has 26 heavy (non-hydrogen) atoms. The molecule has 1 saturated heterocycles. The van der Waals surface area contributed by atoms with Gasteiger partial charge in [0, 0.05) is 11.5 Å². The summed E-state index contributed by atoms with van der Waals surface area (Å²) in [5, 5.41) is 2.78. The van der Waals surface area contributed by atoms with E-state index in [9.17, 15) is 0 Å². The molecule has 3 N–H and O–H groups in total. The smallest absolute Gasteiger partial charge is 0.181 e. The summed E-state index contributed by atoms with van der Waals surface area (Å²) in [6, 6.07) is 3.86. The lowest BCUT2D eigenvalue weighted by Gasteiger charge is -2.30. The molecule has 1 aromatic rings. The minimum Gasteiger partial charge on any atom is -0.493 e. The predicted octanol–water partition coefficient (Wildman–Crippen LogP) is 0.364. The lowest BCUT2D eigenvalue weighted by Crippen LogP contribution is -3.16. The highest BCUT2D eigenvalue weighted by atomic mass is 35.5. The van der Waals surface area contributed by atoms with E-state index < -0.39 is 0 Å². The van der Waals surface area contributed by atoms with Crippen LogP contribution in [-0.2, 0) is 11.3 Å². The number of nitrogens with two attached hydrogens (primary N) is 1. The lowest BCUT2D eigenvalue weighted by atomic mass is 10.1. The largest absolute Gasteiger partial charge is 0.493 e. The quantitative estimate of drug-likeness (QED) is 0.606. The first-order valence-corrected chi connectivity index (χ1v) is 9.60.